The highest BCUT2D eigenvalue weighted by molar-refractivity contribution is 7.47. The number of aliphatic hydroxyl groups is 1. The molecule has 7 atom stereocenters. The normalized spacial score (nSPS) is 14.7. The number of esters is 4. The minimum Gasteiger partial charge on any atom is -0.462 e. The fourth-order valence-electron chi connectivity index (χ4n) is 11.2. The lowest BCUT2D eigenvalue weighted by Gasteiger charge is -2.21. The van der Waals surface area contributed by atoms with Gasteiger partial charge in [-0.25, -0.2) is 9.13 Å². The molecule has 93 heavy (non-hydrogen) atoms. The lowest BCUT2D eigenvalue weighted by atomic mass is 9.99. The summed E-state index contributed by atoms with van der Waals surface area (Å²) in [4.78, 5) is 72.7. The van der Waals surface area contributed by atoms with Crippen LogP contribution < -0.4 is 0 Å². The van der Waals surface area contributed by atoms with Gasteiger partial charge in [-0.1, -0.05) is 325 Å². The summed E-state index contributed by atoms with van der Waals surface area (Å²) in [5, 5.41) is 10.6. The van der Waals surface area contributed by atoms with E-state index in [1.807, 2.05) is 0 Å². The number of unbranched alkanes of at least 4 members (excludes halogenated alkanes) is 38. The van der Waals surface area contributed by atoms with Crippen molar-refractivity contribution in [3.8, 4) is 0 Å². The third kappa shape index (κ3) is 65.8. The second kappa shape index (κ2) is 64.7. The van der Waals surface area contributed by atoms with Crippen molar-refractivity contribution in [2.45, 2.75) is 394 Å². The molecular formula is C74H144O17P2. The standard InChI is InChI=1S/C74H144O17P2/c1-8-11-12-13-14-15-16-22-29-34-43-50-57-73(78)91-70(62-85-72(77)56-49-42-37-36-40-47-54-67(7)10-3)64-89-93(82,83)87-60-68(75)59-86-92(80,81)88-63-69(61-84-71(76)55-48-41-33-28-25-24-26-31-38-45-52-65(4)5)90-74(79)58-51-44-35-30-23-20-18-17-19-21-27-32-39-46-53-66(6)9-2/h65-70,75H,8-64H2,1-7H3,(H,80,81)(H,82,83)/t66?,67?,68-,69-,70-/m1/s1. The van der Waals surface area contributed by atoms with Crippen molar-refractivity contribution in [2.24, 2.45) is 17.8 Å². The van der Waals surface area contributed by atoms with Crippen molar-refractivity contribution in [1.29, 1.82) is 0 Å². The van der Waals surface area contributed by atoms with Crippen LogP contribution in [0, 0.1) is 17.8 Å². The van der Waals surface area contributed by atoms with Gasteiger partial charge < -0.3 is 33.8 Å². The van der Waals surface area contributed by atoms with Gasteiger partial charge in [-0.2, -0.15) is 0 Å². The summed E-state index contributed by atoms with van der Waals surface area (Å²) >= 11 is 0. The Hall–Kier alpha value is -1.94. The highest BCUT2D eigenvalue weighted by Gasteiger charge is 2.30. The number of phosphoric ester groups is 2. The molecule has 0 heterocycles. The van der Waals surface area contributed by atoms with E-state index < -0.39 is 97.5 Å². The summed E-state index contributed by atoms with van der Waals surface area (Å²) < 4.78 is 68.4. The molecule has 17 nitrogen and oxygen atoms in total. The van der Waals surface area contributed by atoms with Crippen LogP contribution in [-0.2, 0) is 65.4 Å². The first-order valence-electron chi connectivity index (χ1n) is 38.4. The Bertz CT molecular complexity index is 1820. The van der Waals surface area contributed by atoms with E-state index in [0.717, 1.165) is 114 Å². The number of aliphatic hydroxyl groups excluding tert-OH is 1. The minimum absolute atomic E-state index is 0.106. The molecule has 0 aliphatic heterocycles. The van der Waals surface area contributed by atoms with Crippen LogP contribution >= 0.6 is 15.6 Å². The van der Waals surface area contributed by atoms with Gasteiger partial charge in [-0.05, 0) is 43.4 Å². The highest BCUT2D eigenvalue weighted by atomic mass is 31.2. The van der Waals surface area contributed by atoms with Crippen LogP contribution in [0.25, 0.3) is 0 Å². The molecule has 0 spiro atoms. The molecule has 0 bridgehead atoms. The first-order valence-corrected chi connectivity index (χ1v) is 41.4. The summed E-state index contributed by atoms with van der Waals surface area (Å²) in [6, 6.07) is 0. The topological polar surface area (TPSA) is 237 Å². The maximum absolute atomic E-state index is 13.1. The van der Waals surface area contributed by atoms with E-state index in [0.29, 0.717) is 25.7 Å². The Labute approximate surface area is 568 Å². The zero-order valence-electron chi connectivity index (χ0n) is 60.7. The third-order valence-corrected chi connectivity index (χ3v) is 19.8. The number of phosphoric acid groups is 2. The SMILES string of the molecule is CCCCCCCCCCCCCCC(=O)O[C@H](COC(=O)CCCCCCCCC(C)CC)COP(=O)(O)OC[C@H](O)COP(=O)(O)OC[C@@H](COC(=O)CCCCCCCCCCCCC(C)C)OC(=O)CCCCCCCCCCCCCCCCC(C)CC. The fourth-order valence-corrected chi connectivity index (χ4v) is 12.8. The van der Waals surface area contributed by atoms with Gasteiger partial charge in [0.2, 0.25) is 0 Å². The molecule has 0 aromatic heterocycles. The van der Waals surface area contributed by atoms with E-state index in [2.05, 4.69) is 48.5 Å². The molecular weight excluding hydrogens is 1220 g/mol. The molecule has 19 heteroatoms. The molecule has 0 rings (SSSR count). The molecule has 0 aromatic rings. The van der Waals surface area contributed by atoms with Crippen molar-refractivity contribution in [3.63, 3.8) is 0 Å². The van der Waals surface area contributed by atoms with Crippen LogP contribution in [0.5, 0.6) is 0 Å². The molecule has 0 radical (unpaired) electrons. The van der Waals surface area contributed by atoms with Gasteiger partial charge in [0.1, 0.15) is 19.3 Å². The van der Waals surface area contributed by atoms with E-state index >= 15 is 0 Å². The molecule has 0 aliphatic carbocycles. The Morgan fingerprint density at radius 3 is 0.817 bits per heavy atom. The average Bonchev–Trinajstić information content (AvgIpc) is 2.04. The van der Waals surface area contributed by atoms with Gasteiger partial charge in [-0.3, -0.25) is 37.3 Å². The number of rotatable bonds is 72. The predicted octanol–water partition coefficient (Wildman–Crippen LogP) is 21.4. The zero-order chi connectivity index (χ0) is 68.7. The fraction of sp³-hybridized carbons (Fsp3) is 0.946. The maximum Gasteiger partial charge on any atom is 0.472 e. The molecule has 0 aromatic carbocycles. The molecule has 0 aliphatic rings. The van der Waals surface area contributed by atoms with E-state index in [1.54, 1.807) is 0 Å². The van der Waals surface area contributed by atoms with Crippen molar-refractivity contribution < 1.29 is 80.2 Å². The van der Waals surface area contributed by atoms with E-state index in [1.165, 1.54) is 180 Å². The second-order valence-corrected chi connectivity index (χ2v) is 30.6. The highest BCUT2D eigenvalue weighted by Crippen LogP contribution is 2.45. The molecule has 4 unspecified atom stereocenters. The third-order valence-electron chi connectivity index (χ3n) is 17.9. The Kier molecular flexibility index (Phi) is 63.4. The molecule has 0 saturated carbocycles. The van der Waals surface area contributed by atoms with Crippen LogP contribution in [0.3, 0.4) is 0 Å². The van der Waals surface area contributed by atoms with Crippen molar-refractivity contribution in [3.05, 3.63) is 0 Å². The van der Waals surface area contributed by atoms with Gasteiger partial charge in [0.05, 0.1) is 26.4 Å². The van der Waals surface area contributed by atoms with Crippen molar-refractivity contribution in [1.82, 2.24) is 0 Å². The van der Waals surface area contributed by atoms with Crippen LogP contribution in [-0.4, -0.2) is 96.7 Å². The average molecular weight is 1370 g/mol. The van der Waals surface area contributed by atoms with Gasteiger partial charge in [0.15, 0.2) is 12.2 Å². The van der Waals surface area contributed by atoms with Crippen LogP contribution in [0.1, 0.15) is 376 Å². The monoisotopic (exact) mass is 1370 g/mol. The van der Waals surface area contributed by atoms with Crippen LogP contribution in [0.4, 0.5) is 0 Å². The first-order chi connectivity index (χ1) is 44.8. The predicted molar refractivity (Wildman–Crippen MR) is 377 cm³/mol. The molecule has 0 saturated heterocycles. The van der Waals surface area contributed by atoms with Crippen LogP contribution in [0.2, 0.25) is 0 Å². The number of ether oxygens (including phenoxy) is 4. The second-order valence-electron chi connectivity index (χ2n) is 27.6. The van der Waals surface area contributed by atoms with E-state index in [9.17, 15) is 43.2 Å². The first kappa shape index (κ1) is 91.1. The summed E-state index contributed by atoms with van der Waals surface area (Å²) in [6.07, 6.45) is 49.8. The lowest BCUT2D eigenvalue weighted by molar-refractivity contribution is -0.161. The van der Waals surface area contributed by atoms with Crippen LogP contribution in [0.15, 0.2) is 0 Å². The number of carbonyl (C=O) groups is 4. The van der Waals surface area contributed by atoms with Crippen molar-refractivity contribution in [2.75, 3.05) is 39.6 Å². The summed E-state index contributed by atoms with van der Waals surface area (Å²) in [5.41, 5.74) is 0. The summed E-state index contributed by atoms with van der Waals surface area (Å²) in [6.45, 7) is 11.9. The molecule has 3 N–H and O–H groups in total. The zero-order valence-corrected chi connectivity index (χ0v) is 62.5. The van der Waals surface area contributed by atoms with E-state index in [-0.39, 0.29) is 25.7 Å². The molecule has 0 fully saturated rings. The van der Waals surface area contributed by atoms with Gasteiger partial charge >= 0.3 is 39.5 Å². The smallest absolute Gasteiger partial charge is 0.462 e. The Balaban J connectivity index is 5.25. The minimum atomic E-state index is -4.96. The number of carbonyl (C=O) groups excluding carboxylic acids is 4. The summed E-state index contributed by atoms with van der Waals surface area (Å²) in [7, 11) is -9.91. The van der Waals surface area contributed by atoms with Crippen molar-refractivity contribution >= 4 is 39.5 Å². The molecule has 0 amide bonds. The summed E-state index contributed by atoms with van der Waals surface area (Å²) in [5.74, 6) is 0.215. The quantitative estimate of drug-likeness (QED) is 0.0222. The number of hydrogen-bond donors (Lipinski definition) is 3. The van der Waals surface area contributed by atoms with Gasteiger partial charge in [0.25, 0.3) is 0 Å². The van der Waals surface area contributed by atoms with Gasteiger partial charge in [-0.15, -0.1) is 0 Å². The molecule has 552 valence electrons. The lowest BCUT2D eigenvalue weighted by Crippen LogP contribution is -2.30. The van der Waals surface area contributed by atoms with E-state index in [4.69, 9.17) is 37.0 Å². The Morgan fingerprint density at radius 2 is 0.548 bits per heavy atom. The maximum atomic E-state index is 13.1. The Morgan fingerprint density at radius 1 is 0.312 bits per heavy atom. The van der Waals surface area contributed by atoms with Gasteiger partial charge in [0, 0.05) is 25.7 Å². The largest absolute Gasteiger partial charge is 0.472 e. The number of hydrogen-bond acceptors (Lipinski definition) is 15.